The fraction of sp³-hybridized carbons (Fsp3) is 0.429. The summed E-state index contributed by atoms with van der Waals surface area (Å²) in [7, 11) is 0. The van der Waals surface area contributed by atoms with E-state index in [0.717, 1.165) is 17.8 Å². The Hall–Kier alpha value is -1.00. The van der Waals surface area contributed by atoms with E-state index in [1.54, 1.807) is 6.20 Å². The van der Waals surface area contributed by atoms with Gasteiger partial charge in [-0.2, -0.15) is 0 Å². The van der Waals surface area contributed by atoms with Crippen molar-refractivity contribution in [3.05, 3.63) is 23.8 Å². The summed E-state index contributed by atoms with van der Waals surface area (Å²) in [5, 5.41) is 12.5. The first kappa shape index (κ1) is 6.69. The molecule has 4 heteroatoms. The van der Waals surface area contributed by atoms with Crippen LogP contribution in [0.3, 0.4) is 0 Å². The molecule has 0 aromatic carbocycles. The molecule has 4 nitrogen and oxygen atoms in total. The molecule has 2 rings (SSSR count). The van der Waals surface area contributed by atoms with Gasteiger partial charge >= 0.3 is 0 Å². The molecule has 1 aliphatic heterocycles. The average Bonchev–Trinajstić information content (AvgIpc) is 2.06. The van der Waals surface area contributed by atoms with Crippen LogP contribution in [0, 0.1) is 0 Å². The molecular weight excluding hydrogens is 142 g/mol. The van der Waals surface area contributed by atoms with E-state index in [4.69, 9.17) is 0 Å². The summed E-state index contributed by atoms with van der Waals surface area (Å²) in [6.07, 6.45) is 2.73. The van der Waals surface area contributed by atoms with Gasteiger partial charge in [-0.05, 0) is 0 Å². The lowest BCUT2D eigenvalue weighted by Crippen LogP contribution is -2.28. The van der Waals surface area contributed by atoms with Crippen molar-refractivity contribution in [1.29, 1.82) is 0 Å². The Labute approximate surface area is 64.3 Å². The first-order chi connectivity index (χ1) is 5.38. The highest BCUT2D eigenvalue weighted by Crippen LogP contribution is 2.17. The number of hydrogen-bond acceptors (Lipinski definition) is 4. The summed E-state index contributed by atoms with van der Waals surface area (Å²) in [4.78, 5) is 7.89. The lowest BCUT2D eigenvalue weighted by atomic mass is 10.1. The summed E-state index contributed by atoms with van der Waals surface area (Å²) in [5.74, 6) is 0. The van der Waals surface area contributed by atoms with E-state index in [0.29, 0.717) is 6.54 Å². The van der Waals surface area contributed by atoms with Crippen LogP contribution in [0.15, 0.2) is 12.5 Å². The van der Waals surface area contributed by atoms with E-state index in [2.05, 4.69) is 15.3 Å². The largest absolute Gasteiger partial charge is 0.387 e. The molecule has 1 aliphatic rings. The third-order valence-corrected chi connectivity index (χ3v) is 1.82. The lowest BCUT2D eigenvalue weighted by Gasteiger charge is -2.19. The molecule has 2 N–H and O–H groups in total. The number of rotatable bonds is 0. The summed E-state index contributed by atoms with van der Waals surface area (Å²) in [6.45, 7) is 1.33. The topological polar surface area (TPSA) is 58.0 Å². The van der Waals surface area contributed by atoms with Gasteiger partial charge in [0.05, 0.1) is 11.8 Å². The Kier molecular flexibility index (Phi) is 1.56. The van der Waals surface area contributed by atoms with Gasteiger partial charge < -0.3 is 10.4 Å². The van der Waals surface area contributed by atoms with E-state index in [1.165, 1.54) is 6.33 Å². The summed E-state index contributed by atoms with van der Waals surface area (Å²) in [5.41, 5.74) is 1.75. The molecule has 58 valence electrons. The van der Waals surface area contributed by atoms with Gasteiger partial charge in [0.15, 0.2) is 0 Å². The van der Waals surface area contributed by atoms with Crippen molar-refractivity contribution in [2.24, 2.45) is 0 Å². The van der Waals surface area contributed by atoms with Crippen LogP contribution < -0.4 is 5.32 Å². The first-order valence-electron chi connectivity index (χ1n) is 3.55. The van der Waals surface area contributed by atoms with Crippen molar-refractivity contribution in [3.8, 4) is 0 Å². The Morgan fingerprint density at radius 3 is 3.36 bits per heavy atom. The molecule has 0 aliphatic carbocycles. The minimum atomic E-state index is -0.444. The molecule has 0 amide bonds. The Morgan fingerprint density at radius 1 is 1.64 bits per heavy atom. The van der Waals surface area contributed by atoms with Gasteiger partial charge in [0.1, 0.15) is 6.33 Å². The second-order valence-corrected chi connectivity index (χ2v) is 2.57. The van der Waals surface area contributed by atoms with Gasteiger partial charge in [0.25, 0.3) is 0 Å². The second-order valence-electron chi connectivity index (χ2n) is 2.57. The normalized spacial score (nSPS) is 22.8. The highest BCUT2D eigenvalue weighted by atomic mass is 16.3. The molecule has 0 spiro atoms. The van der Waals surface area contributed by atoms with E-state index in [-0.39, 0.29) is 0 Å². The number of fused-ring (bicyclic) bond motifs is 1. The molecule has 0 fully saturated rings. The van der Waals surface area contributed by atoms with Crippen LogP contribution >= 0.6 is 0 Å². The van der Waals surface area contributed by atoms with E-state index in [1.807, 2.05) is 0 Å². The number of aromatic nitrogens is 2. The molecule has 1 aromatic heterocycles. The third kappa shape index (κ3) is 1.10. The summed E-state index contributed by atoms with van der Waals surface area (Å²) < 4.78 is 0. The maximum Gasteiger partial charge on any atom is 0.115 e. The van der Waals surface area contributed by atoms with Crippen molar-refractivity contribution in [2.75, 3.05) is 6.54 Å². The minimum absolute atomic E-state index is 0.444. The van der Waals surface area contributed by atoms with Crippen LogP contribution in [0.4, 0.5) is 0 Å². The number of nitrogens with one attached hydrogen (secondary N) is 1. The van der Waals surface area contributed by atoms with Gasteiger partial charge in [-0.25, -0.2) is 9.97 Å². The molecule has 0 saturated heterocycles. The molecule has 1 aromatic rings. The number of β-amino-alcohol motifs (C(OH)–C–C–N with tert-alkyl or cyclic N) is 1. The van der Waals surface area contributed by atoms with Crippen LogP contribution in [0.5, 0.6) is 0 Å². The highest BCUT2D eigenvalue weighted by molar-refractivity contribution is 5.21. The second kappa shape index (κ2) is 2.56. The number of aliphatic hydroxyl groups is 1. The van der Waals surface area contributed by atoms with Crippen molar-refractivity contribution in [2.45, 2.75) is 12.6 Å². The minimum Gasteiger partial charge on any atom is -0.387 e. The van der Waals surface area contributed by atoms with Gasteiger partial charge in [0.2, 0.25) is 0 Å². The maximum absolute atomic E-state index is 9.42. The fourth-order valence-electron chi connectivity index (χ4n) is 1.23. The third-order valence-electron chi connectivity index (χ3n) is 1.82. The van der Waals surface area contributed by atoms with Gasteiger partial charge in [-0.1, -0.05) is 0 Å². The number of aliphatic hydroxyl groups excluding tert-OH is 1. The van der Waals surface area contributed by atoms with Crippen LogP contribution in [-0.2, 0) is 6.54 Å². The first-order valence-corrected chi connectivity index (χ1v) is 3.55. The SMILES string of the molecule is OC1CNCc2ncncc21. The summed E-state index contributed by atoms with van der Waals surface area (Å²) in [6, 6.07) is 0. The van der Waals surface area contributed by atoms with Crippen molar-refractivity contribution in [1.82, 2.24) is 15.3 Å². The van der Waals surface area contributed by atoms with Crippen LogP contribution in [-0.4, -0.2) is 21.6 Å². The molecule has 0 saturated carbocycles. The zero-order valence-corrected chi connectivity index (χ0v) is 5.99. The standard InChI is InChI=1S/C7H9N3O/c11-7-3-8-2-6-5(7)1-9-4-10-6/h1,4,7-8,11H,2-3H2. The molecule has 0 bridgehead atoms. The summed E-state index contributed by atoms with van der Waals surface area (Å²) >= 11 is 0. The number of nitrogens with zero attached hydrogens (tertiary/aromatic N) is 2. The molecule has 1 atom stereocenters. The maximum atomic E-state index is 9.42. The van der Waals surface area contributed by atoms with Gasteiger partial charge in [0, 0.05) is 24.8 Å². The monoisotopic (exact) mass is 151 g/mol. The molecule has 0 radical (unpaired) electrons. The van der Waals surface area contributed by atoms with Crippen molar-refractivity contribution < 1.29 is 5.11 Å². The Bertz CT molecular complexity index is 264. The highest BCUT2D eigenvalue weighted by Gasteiger charge is 2.17. The van der Waals surface area contributed by atoms with E-state index >= 15 is 0 Å². The predicted octanol–water partition coefficient (Wildman–Crippen LogP) is -0.387. The smallest absolute Gasteiger partial charge is 0.115 e. The molecule has 1 unspecified atom stereocenters. The zero-order chi connectivity index (χ0) is 7.68. The Balaban J connectivity index is 2.44. The van der Waals surface area contributed by atoms with Crippen LogP contribution in [0.25, 0.3) is 0 Å². The van der Waals surface area contributed by atoms with Gasteiger partial charge in [-0.15, -0.1) is 0 Å². The van der Waals surface area contributed by atoms with Gasteiger partial charge in [-0.3, -0.25) is 0 Å². The Morgan fingerprint density at radius 2 is 2.55 bits per heavy atom. The van der Waals surface area contributed by atoms with E-state index < -0.39 is 6.10 Å². The zero-order valence-electron chi connectivity index (χ0n) is 5.99. The van der Waals surface area contributed by atoms with Crippen molar-refractivity contribution in [3.63, 3.8) is 0 Å². The predicted molar refractivity (Wildman–Crippen MR) is 38.7 cm³/mol. The molecule has 2 heterocycles. The molecular formula is C7H9N3O. The van der Waals surface area contributed by atoms with Crippen molar-refractivity contribution >= 4 is 0 Å². The van der Waals surface area contributed by atoms with Crippen LogP contribution in [0.1, 0.15) is 17.4 Å². The average molecular weight is 151 g/mol. The quantitative estimate of drug-likeness (QED) is 0.530. The van der Waals surface area contributed by atoms with E-state index in [9.17, 15) is 5.11 Å². The van der Waals surface area contributed by atoms with Crippen LogP contribution in [0.2, 0.25) is 0 Å². The molecule has 11 heavy (non-hydrogen) atoms. The lowest BCUT2D eigenvalue weighted by molar-refractivity contribution is 0.163. The fourth-order valence-corrected chi connectivity index (χ4v) is 1.23. The number of hydrogen-bond donors (Lipinski definition) is 2.